The van der Waals surface area contributed by atoms with Crippen LogP contribution >= 0.6 is 0 Å². The van der Waals surface area contributed by atoms with Gasteiger partial charge in [0.2, 0.25) is 0 Å². The number of hydrogen-bond acceptors (Lipinski definition) is 4. The summed E-state index contributed by atoms with van der Waals surface area (Å²) in [6.45, 7) is 6.33. The van der Waals surface area contributed by atoms with Gasteiger partial charge in [0.15, 0.2) is 9.84 Å². The molecule has 0 aromatic heterocycles. The second-order valence-corrected chi connectivity index (χ2v) is 8.46. The van der Waals surface area contributed by atoms with E-state index in [2.05, 4.69) is 26.1 Å². The van der Waals surface area contributed by atoms with E-state index in [1.54, 1.807) is 13.2 Å². The average molecular weight is 340 g/mol. The number of rotatable bonds is 6. The van der Waals surface area contributed by atoms with Crippen LogP contribution in [-0.4, -0.2) is 26.8 Å². The van der Waals surface area contributed by atoms with Gasteiger partial charge in [-0.1, -0.05) is 39.7 Å². The minimum atomic E-state index is -3.35. The molecule has 0 amide bonds. The molecular formula is C18H29NO3S. The van der Waals surface area contributed by atoms with E-state index in [1.165, 1.54) is 0 Å². The molecule has 1 heterocycles. The molecule has 1 aliphatic rings. The summed E-state index contributed by atoms with van der Waals surface area (Å²) in [5, 5.41) is 3.69. The molecule has 130 valence electrons. The van der Waals surface area contributed by atoms with Crippen molar-refractivity contribution in [2.45, 2.75) is 69.4 Å². The van der Waals surface area contributed by atoms with Gasteiger partial charge in [0.1, 0.15) is 5.75 Å². The third-order valence-electron chi connectivity index (χ3n) is 4.97. The predicted molar refractivity (Wildman–Crippen MR) is 93.8 cm³/mol. The Hall–Kier alpha value is -1.07. The van der Waals surface area contributed by atoms with Gasteiger partial charge in [-0.2, -0.15) is 0 Å². The highest BCUT2D eigenvalue weighted by molar-refractivity contribution is 7.91. The Balaban J connectivity index is 2.55. The Bertz CT molecular complexity index is 642. The topological polar surface area (TPSA) is 55.4 Å². The van der Waals surface area contributed by atoms with Gasteiger partial charge in [-0.05, 0) is 37.0 Å². The summed E-state index contributed by atoms with van der Waals surface area (Å²) in [6, 6.07) is 5.49. The lowest BCUT2D eigenvalue weighted by atomic mass is 9.89. The fourth-order valence-electron chi connectivity index (χ4n) is 3.49. The molecule has 1 aromatic carbocycles. The molecule has 0 spiro atoms. The van der Waals surface area contributed by atoms with E-state index in [4.69, 9.17) is 4.74 Å². The first-order valence-corrected chi connectivity index (χ1v) is 10.2. The van der Waals surface area contributed by atoms with Crippen LogP contribution in [0.1, 0.15) is 64.5 Å². The van der Waals surface area contributed by atoms with Crippen LogP contribution in [0.5, 0.6) is 5.75 Å². The molecule has 23 heavy (non-hydrogen) atoms. The van der Waals surface area contributed by atoms with Crippen LogP contribution in [-0.2, 0) is 9.84 Å². The van der Waals surface area contributed by atoms with Crippen molar-refractivity contribution in [1.29, 1.82) is 0 Å². The second-order valence-electron chi connectivity index (χ2n) is 6.51. The van der Waals surface area contributed by atoms with Gasteiger partial charge < -0.3 is 10.1 Å². The highest BCUT2D eigenvalue weighted by Gasteiger charge is 2.40. The fourth-order valence-corrected chi connectivity index (χ4v) is 5.67. The zero-order valence-corrected chi connectivity index (χ0v) is 15.5. The zero-order valence-electron chi connectivity index (χ0n) is 14.7. The molecule has 0 aliphatic carbocycles. The van der Waals surface area contributed by atoms with E-state index in [9.17, 15) is 8.42 Å². The number of hydrogen-bond donors (Lipinski definition) is 1. The molecular weight excluding hydrogens is 310 g/mol. The summed E-state index contributed by atoms with van der Waals surface area (Å²) in [4.78, 5) is 0.433. The highest BCUT2D eigenvalue weighted by Crippen LogP contribution is 2.37. The molecule has 1 aliphatic heterocycles. The molecule has 1 N–H and O–H groups in total. The van der Waals surface area contributed by atoms with Crippen molar-refractivity contribution in [2.75, 3.05) is 12.9 Å². The third-order valence-corrected chi connectivity index (χ3v) is 6.93. The smallest absolute Gasteiger partial charge is 0.180 e. The number of benzene rings is 1. The Labute approximate surface area is 140 Å². The van der Waals surface area contributed by atoms with E-state index < -0.39 is 9.84 Å². The zero-order chi connectivity index (χ0) is 17.1. The molecule has 0 saturated carbocycles. The van der Waals surface area contributed by atoms with Gasteiger partial charge in [-0.15, -0.1) is 0 Å². The molecule has 2 atom stereocenters. The van der Waals surface area contributed by atoms with Gasteiger partial charge in [-0.3, -0.25) is 0 Å². The number of unbranched alkanes of at least 4 members (excludes halogenated alkanes) is 1. The van der Waals surface area contributed by atoms with Gasteiger partial charge in [-0.25, -0.2) is 8.42 Å². The molecule has 1 aromatic rings. The predicted octanol–water partition coefficient (Wildman–Crippen LogP) is 3.86. The Morgan fingerprint density at radius 2 is 2.04 bits per heavy atom. The maximum absolute atomic E-state index is 13.1. The number of nitrogens with one attached hydrogen (secondary N) is 1. The Morgan fingerprint density at radius 1 is 1.30 bits per heavy atom. The van der Waals surface area contributed by atoms with E-state index >= 15 is 0 Å². The normalized spacial score (nSPS) is 26.3. The summed E-state index contributed by atoms with van der Waals surface area (Å²) < 4.78 is 31.4. The first-order chi connectivity index (χ1) is 10.9. The minimum absolute atomic E-state index is 0.0602. The number of ether oxygens (including phenoxy) is 1. The molecule has 0 saturated heterocycles. The third kappa shape index (κ3) is 3.72. The Kier molecular flexibility index (Phi) is 5.74. The number of fused-ring (bicyclic) bond motifs is 1. The summed E-state index contributed by atoms with van der Waals surface area (Å²) >= 11 is 0. The van der Waals surface area contributed by atoms with E-state index in [-0.39, 0.29) is 17.3 Å². The van der Waals surface area contributed by atoms with Gasteiger partial charge in [0.25, 0.3) is 0 Å². The quantitative estimate of drug-likeness (QED) is 0.855. The second kappa shape index (κ2) is 7.22. The van der Waals surface area contributed by atoms with Crippen LogP contribution in [0.4, 0.5) is 0 Å². The van der Waals surface area contributed by atoms with Crippen LogP contribution in [0.25, 0.3) is 0 Å². The minimum Gasteiger partial charge on any atom is -0.497 e. The summed E-state index contributed by atoms with van der Waals surface area (Å²) in [5.41, 5.74) is 0.530. The molecule has 0 bridgehead atoms. The molecule has 5 heteroatoms. The van der Waals surface area contributed by atoms with Crippen LogP contribution < -0.4 is 10.1 Å². The lowest BCUT2D eigenvalue weighted by Gasteiger charge is -2.35. The van der Waals surface area contributed by atoms with Crippen molar-refractivity contribution >= 4 is 9.84 Å². The average Bonchev–Trinajstić information content (AvgIpc) is 2.65. The van der Waals surface area contributed by atoms with Gasteiger partial charge >= 0.3 is 0 Å². The van der Waals surface area contributed by atoms with Crippen molar-refractivity contribution < 1.29 is 13.2 Å². The van der Waals surface area contributed by atoms with Crippen molar-refractivity contribution in [1.82, 2.24) is 5.32 Å². The largest absolute Gasteiger partial charge is 0.497 e. The highest BCUT2D eigenvalue weighted by atomic mass is 32.2. The SMILES string of the molecule is CCCCC1(CC)CS(=O)(=O)c2cc(OC)ccc2C(CC)N1. The number of methoxy groups -OCH3 is 1. The van der Waals surface area contributed by atoms with Crippen LogP contribution in [0.3, 0.4) is 0 Å². The molecule has 2 unspecified atom stereocenters. The fraction of sp³-hybridized carbons (Fsp3) is 0.667. The van der Waals surface area contributed by atoms with Crippen LogP contribution in [0.15, 0.2) is 23.1 Å². The monoisotopic (exact) mass is 339 g/mol. The first kappa shape index (κ1) is 18.3. The van der Waals surface area contributed by atoms with Crippen molar-refractivity contribution in [3.8, 4) is 5.75 Å². The standard InChI is InChI=1S/C18H29NO3S/c1-5-8-11-18(7-3)13-23(20,21)17-12-14(22-4)9-10-15(17)16(6-2)19-18/h9-10,12,16,19H,5-8,11,13H2,1-4H3. The molecule has 0 radical (unpaired) electrons. The molecule has 2 rings (SSSR count). The van der Waals surface area contributed by atoms with E-state index in [1.807, 2.05) is 12.1 Å². The number of sulfone groups is 1. The van der Waals surface area contributed by atoms with E-state index in [0.29, 0.717) is 10.6 Å². The molecule has 0 fully saturated rings. The van der Waals surface area contributed by atoms with Gasteiger partial charge in [0.05, 0.1) is 17.8 Å². The van der Waals surface area contributed by atoms with Crippen LogP contribution in [0, 0.1) is 0 Å². The van der Waals surface area contributed by atoms with Crippen molar-refractivity contribution in [3.63, 3.8) is 0 Å². The van der Waals surface area contributed by atoms with Crippen molar-refractivity contribution in [3.05, 3.63) is 23.8 Å². The van der Waals surface area contributed by atoms with Crippen LogP contribution in [0.2, 0.25) is 0 Å². The maximum Gasteiger partial charge on any atom is 0.180 e. The first-order valence-electron chi connectivity index (χ1n) is 8.59. The summed E-state index contributed by atoms with van der Waals surface area (Å²) in [5.74, 6) is 0.757. The van der Waals surface area contributed by atoms with Gasteiger partial charge in [0, 0.05) is 11.6 Å². The Morgan fingerprint density at radius 3 is 2.61 bits per heavy atom. The summed E-state index contributed by atoms with van der Waals surface area (Å²) in [7, 11) is -1.78. The lowest BCUT2D eigenvalue weighted by Crippen LogP contribution is -2.49. The van der Waals surface area contributed by atoms with Crippen molar-refractivity contribution in [2.24, 2.45) is 0 Å². The maximum atomic E-state index is 13.1. The van der Waals surface area contributed by atoms with E-state index in [0.717, 1.165) is 37.7 Å². The summed E-state index contributed by atoms with van der Waals surface area (Å²) in [6.07, 6.45) is 4.67. The lowest BCUT2D eigenvalue weighted by molar-refractivity contribution is 0.276. The molecule has 4 nitrogen and oxygen atoms in total.